The zero-order valence-corrected chi connectivity index (χ0v) is 10.1. The molecule has 0 spiro atoms. The minimum absolute atomic E-state index is 0.215. The van der Waals surface area contributed by atoms with Gasteiger partial charge in [0.1, 0.15) is 0 Å². The van der Waals surface area contributed by atoms with Crippen LogP contribution in [-0.2, 0) is 4.79 Å². The Hall–Kier alpha value is -0.610. The number of rotatable bonds is 5. The van der Waals surface area contributed by atoms with E-state index in [9.17, 15) is 4.79 Å². The van der Waals surface area contributed by atoms with Crippen LogP contribution >= 0.6 is 0 Å². The quantitative estimate of drug-likeness (QED) is 0.708. The maximum atomic E-state index is 11.5. The number of hydrogen-bond donors (Lipinski definition) is 2. The van der Waals surface area contributed by atoms with Crippen LogP contribution in [0.5, 0.6) is 0 Å². The van der Waals surface area contributed by atoms with E-state index in [0.717, 1.165) is 19.6 Å². The first-order chi connectivity index (χ1) is 7.65. The monoisotopic (exact) mass is 225 g/mol. The van der Waals surface area contributed by atoms with Gasteiger partial charge in [0, 0.05) is 31.6 Å². The minimum atomic E-state index is 0.215. The highest BCUT2D eigenvalue weighted by Gasteiger charge is 2.26. The first-order valence-corrected chi connectivity index (χ1v) is 6.42. The first kappa shape index (κ1) is 11.9. The van der Waals surface area contributed by atoms with Crippen molar-refractivity contribution in [3.63, 3.8) is 0 Å². The van der Waals surface area contributed by atoms with E-state index in [1.807, 2.05) is 0 Å². The molecule has 2 rings (SSSR count). The molecule has 1 aliphatic heterocycles. The summed E-state index contributed by atoms with van der Waals surface area (Å²) in [6.45, 7) is 5.13. The van der Waals surface area contributed by atoms with E-state index in [1.54, 1.807) is 0 Å². The Bertz CT molecular complexity index is 251. The molecule has 0 aromatic carbocycles. The number of hydrogen-bond acceptors (Lipinski definition) is 3. The van der Waals surface area contributed by atoms with Gasteiger partial charge in [-0.15, -0.1) is 0 Å². The maximum absolute atomic E-state index is 11.5. The van der Waals surface area contributed by atoms with Crippen molar-refractivity contribution < 1.29 is 4.79 Å². The lowest BCUT2D eigenvalue weighted by Crippen LogP contribution is -2.33. The molecule has 0 aromatic rings. The van der Waals surface area contributed by atoms with Crippen molar-refractivity contribution in [3.8, 4) is 0 Å². The normalized spacial score (nSPS) is 28.0. The molecule has 1 heterocycles. The van der Waals surface area contributed by atoms with Crippen LogP contribution in [0.3, 0.4) is 0 Å². The third kappa shape index (κ3) is 3.46. The fourth-order valence-corrected chi connectivity index (χ4v) is 2.28. The minimum Gasteiger partial charge on any atom is -0.353 e. The second-order valence-corrected chi connectivity index (χ2v) is 5.30. The van der Waals surface area contributed by atoms with Gasteiger partial charge < -0.3 is 16.0 Å². The summed E-state index contributed by atoms with van der Waals surface area (Å²) in [5.41, 5.74) is 5.88. The summed E-state index contributed by atoms with van der Waals surface area (Å²) in [6.07, 6.45) is 4.16. The Morgan fingerprint density at radius 2 is 2.25 bits per heavy atom. The highest BCUT2D eigenvalue weighted by molar-refractivity contribution is 5.76. The van der Waals surface area contributed by atoms with Gasteiger partial charge in [-0.1, -0.05) is 0 Å². The van der Waals surface area contributed by atoms with Gasteiger partial charge in [-0.3, -0.25) is 4.79 Å². The second-order valence-electron chi connectivity index (χ2n) is 5.30. The molecule has 4 nitrogen and oxygen atoms in total. The summed E-state index contributed by atoms with van der Waals surface area (Å²) in [6, 6.07) is 0.771. The van der Waals surface area contributed by atoms with E-state index >= 15 is 0 Å². The van der Waals surface area contributed by atoms with Gasteiger partial charge in [-0.2, -0.15) is 0 Å². The molecular formula is C12H23N3O. The van der Waals surface area contributed by atoms with Gasteiger partial charge >= 0.3 is 0 Å². The number of carbonyl (C=O) groups is 1. The van der Waals surface area contributed by atoms with Crippen molar-refractivity contribution >= 4 is 5.91 Å². The first-order valence-electron chi connectivity index (χ1n) is 6.42. The zero-order chi connectivity index (χ0) is 11.5. The smallest absolute Gasteiger partial charge is 0.221 e. The molecule has 1 aliphatic carbocycles. The molecule has 2 unspecified atom stereocenters. The van der Waals surface area contributed by atoms with Crippen molar-refractivity contribution in [3.05, 3.63) is 0 Å². The number of likely N-dealkylation sites (tertiary alicyclic amines) is 1. The van der Waals surface area contributed by atoms with Crippen LogP contribution in [0.1, 0.15) is 32.6 Å². The lowest BCUT2D eigenvalue weighted by molar-refractivity contribution is -0.121. The van der Waals surface area contributed by atoms with Gasteiger partial charge in [0.25, 0.3) is 0 Å². The van der Waals surface area contributed by atoms with Crippen molar-refractivity contribution in [1.29, 1.82) is 0 Å². The van der Waals surface area contributed by atoms with Crippen LogP contribution in [0.25, 0.3) is 0 Å². The highest BCUT2D eigenvalue weighted by Crippen LogP contribution is 2.20. The molecule has 2 atom stereocenters. The topological polar surface area (TPSA) is 58.4 Å². The largest absolute Gasteiger partial charge is 0.353 e. The average Bonchev–Trinajstić information content (AvgIpc) is 2.91. The lowest BCUT2D eigenvalue weighted by Gasteiger charge is -2.17. The highest BCUT2D eigenvalue weighted by atomic mass is 16.1. The van der Waals surface area contributed by atoms with E-state index < -0.39 is 0 Å². The molecule has 0 bridgehead atoms. The van der Waals surface area contributed by atoms with E-state index in [2.05, 4.69) is 17.1 Å². The maximum Gasteiger partial charge on any atom is 0.221 e. The summed E-state index contributed by atoms with van der Waals surface area (Å²) < 4.78 is 0. The predicted molar refractivity (Wildman–Crippen MR) is 64.0 cm³/mol. The Labute approximate surface area is 97.6 Å². The van der Waals surface area contributed by atoms with Crippen LogP contribution < -0.4 is 11.1 Å². The van der Waals surface area contributed by atoms with E-state index in [4.69, 9.17) is 5.73 Å². The molecule has 1 saturated heterocycles. The second kappa shape index (κ2) is 5.15. The van der Waals surface area contributed by atoms with Crippen LogP contribution in [-0.4, -0.2) is 42.5 Å². The number of amides is 1. The Balaban J connectivity index is 1.61. The van der Waals surface area contributed by atoms with E-state index in [1.165, 1.54) is 19.3 Å². The molecule has 16 heavy (non-hydrogen) atoms. The van der Waals surface area contributed by atoms with Gasteiger partial charge in [0.2, 0.25) is 5.91 Å². The third-order valence-electron chi connectivity index (χ3n) is 3.65. The SMILES string of the molecule is CC(N)C1CCN(CCC(=O)NC2CC2)C1. The van der Waals surface area contributed by atoms with Crippen LogP contribution in [0.2, 0.25) is 0 Å². The van der Waals surface area contributed by atoms with Crippen molar-refractivity contribution in [2.24, 2.45) is 11.7 Å². The summed E-state index contributed by atoms with van der Waals surface area (Å²) in [7, 11) is 0. The zero-order valence-electron chi connectivity index (χ0n) is 10.1. The number of nitrogens with two attached hydrogens (primary N) is 1. The number of carbonyl (C=O) groups excluding carboxylic acids is 1. The van der Waals surface area contributed by atoms with Crippen molar-refractivity contribution in [2.75, 3.05) is 19.6 Å². The average molecular weight is 225 g/mol. The summed E-state index contributed by atoms with van der Waals surface area (Å²) in [5.74, 6) is 0.832. The summed E-state index contributed by atoms with van der Waals surface area (Å²) in [4.78, 5) is 13.9. The third-order valence-corrected chi connectivity index (χ3v) is 3.65. The van der Waals surface area contributed by atoms with E-state index in [-0.39, 0.29) is 11.9 Å². The van der Waals surface area contributed by atoms with Crippen molar-refractivity contribution in [2.45, 2.75) is 44.7 Å². The standard InChI is InChI=1S/C12H23N3O/c1-9(13)10-4-6-15(8-10)7-5-12(16)14-11-2-3-11/h9-11H,2-8,13H2,1H3,(H,14,16). The van der Waals surface area contributed by atoms with Crippen molar-refractivity contribution in [1.82, 2.24) is 10.2 Å². The molecular weight excluding hydrogens is 202 g/mol. The number of nitrogens with zero attached hydrogens (tertiary/aromatic N) is 1. The molecule has 2 fully saturated rings. The molecule has 1 saturated carbocycles. The molecule has 2 aliphatic rings. The summed E-state index contributed by atoms with van der Waals surface area (Å²) in [5, 5.41) is 3.02. The van der Waals surface area contributed by atoms with Crippen LogP contribution in [0, 0.1) is 5.92 Å². The Morgan fingerprint density at radius 3 is 2.81 bits per heavy atom. The van der Waals surface area contributed by atoms with Gasteiger partial charge in [-0.05, 0) is 38.6 Å². The van der Waals surface area contributed by atoms with Gasteiger partial charge in [0.15, 0.2) is 0 Å². The molecule has 3 N–H and O–H groups in total. The Kier molecular flexibility index (Phi) is 3.82. The van der Waals surface area contributed by atoms with Crippen LogP contribution in [0.15, 0.2) is 0 Å². The lowest BCUT2D eigenvalue weighted by atomic mass is 10.0. The molecule has 0 radical (unpaired) electrons. The fraction of sp³-hybridized carbons (Fsp3) is 0.917. The molecule has 1 amide bonds. The number of nitrogens with one attached hydrogen (secondary N) is 1. The van der Waals surface area contributed by atoms with E-state index in [0.29, 0.717) is 18.4 Å². The Morgan fingerprint density at radius 1 is 1.50 bits per heavy atom. The molecule has 4 heteroatoms. The molecule has 92 valence electrons. The summed E-state index contributed by atoms with van der Waals surface area (Å²) >= 11 is 0. The van der Waals surface area contributed by atoms with Crippen LogP contribution in [0.4, 0.5) is 0 Å². The predicted octanol–water partition coefficient (Wildman–Crippen LogP) is 0.324. The van der Waals surface area contributed by atoms with Gasteiger partial charge in [-0.25, -0.2) is 0 Å². The van der Waals surface area contributed by atoms with Gasteiger partial charge in [0.05, 0.1) is 0 Å². The fourth-order valence-electron chi connectivity index (χ4n) is 2.28. The molecule has 0 aromatic heterocycles.